The summed E-state index contributed by atoms with van der Waals surface area (Å²) in [6.45, 7) is 0.136. The number of nitriles is 1. The summed E-state index contributed by atoms with van der Waals surface area (Å²) in [5.74, 6) is -0.275. The molecule has 2 rings (SSSR count). The molecule has 1 aromatic heterocycles. The number of nitrogens with one attached hydrogen (secondary N) is 1. The van der Waals surface area contributed by atoms with Crippen molar-refractivity contribution in [3.63, 3.8) is 0 Å². The minimum absolute atomic E-state index is 0.136. The third-order valence-electron chi connectivity index (χ3n) is 3.06. The fraction of sp³-hybridized carbons (Fsp3) is 0.200. The quantitative estimate of drug-likeness (QED) is 0.879. The van der Waals surface area contributed by atoms with E-state index in [0.717, 1.165) is 5.69 Å². The number of benzene rings is 1. The second-order valence-corrected chi connectivity index (χ2v) is 4.46. The van der Waals surface area contributed by atoms with Gasteiger partial charge in [0.25, 0.3) is 5.91 Å². The highest BCUT2D eigenvalue weighted by molar-refractivity contribution is 5.94. The summed E-state index contributed by atoms with van der Waals surface area (Å²) in [7, 11) is 1.83. The molecule has 1 unspecified atom stereocenters. The Hall–Kier alpha value is -2.58. The molecule has 2 aromatic rings. The van der Waals surface area contributed by atoms with Gasteiger partial charge < -0.3 is 15.0 Å². The highest BCUT2D eigenvalue weighted by Crippen LogP contribution is 2.11. The third-order valence-corrected chi connectivity index (χ3v) is 3.06. The van der Waals surface area contributed by atoms with Crippen LogP contribution in [0.1, 0.15) is 27.7 Å². The van der Waals surface area contributed by atoms with Gasteiger partial charge in [0.05, 0.1) is 11.6 Å². The topological polar surface area (TPSA) is 78.0 Å². The lowest BCUT2D eigenvalue weighted by atomic mass is 10.1. The summed E-state index contributed by atoms with van der Waals surface area (Å²) in [6, 6.07) is 12.0. The van der Waals surface area contributed by atoms with E-state index >= 15 is 0 Å². The zero-order valence-electron chi connectivity index (χ0n) is 11.1. The van der Waals surface area contributed by atoms with E-state index in [-0.39, 0.29) is 12.5 Å². The predicted molar refractivity (Wildman–Crippen MR) is 73.9 cm³/mol. The zero-order chi connectivity index (χ0) is 14.5. The van der Waals surface area contributed by atoms with Crippen LogP contribution >= 0.6 is 0 Å². The third kappa shape index (κ3) is 3.05. The first-order chi connectivity index (χ1) is 9.61. The normalized spacial score (nSPS) is 11.7. The number of carbonyl (C=O) groups is 1. The van der Waals surface area contributed by atoms with E-state index in [4.69, 9.17) is 5.26 Å². The Morgan fingerprint density at radius 2 is 2.10 bits per heavy atom. The highest BCUT2D eigenvalue weighted by atomic mass is 16.3. The molecule has 0 saturated heterocycles. The van der Waals surface area contributed by atoms with Crippen molar-refractivity contribution in [3.8, 4) is 6.07 Å². The molecule has 1 amide bonds. The minimum atomic E-state index is -0.752. The lowest BCUT2D eigenvalue weighted by molar-refractivity contribution is 0.0912. The summed E-state index contributed by atoms with van der Waals surface area (Å²) in [5, 5.41) is 21.3. The number of hydrogen-bond donors (Lipinski definition) is 2. The molecule has 0 bridgehead atoms. The molecule has 1 aromatic carbocycles. The van der Waals surface area contributed by atoms with Crippen LogP contribution in [0, 0.1) is 11.3 Å². The number of amides is 1. The van der Waals surface area contributed by atoms with Gasteiger partial charge in [-0.1, -0.05) is 0 Å². The molecule has 1 atom stereocenters. The van der Waals surface area contributed by atoms with Crippen LogP contribution in [0.3, 0.4) is 0 Å². The maximum absolute atomic E-state index is 11.9. The molecule has 20 heavy (non-hydrogen) atoms. The SMILES string of the molecule is Cn1cccc1C(O)CNC(=O)c1ccc(C#N)cc1. The van der Waals surface area contributed by atoms with Gasteiger partial charge in [0.2, 0.25) is 0 Å². The molecule has 0 aliphatic carbocycles. The molecule has 0 fully saturated rings. The number of aromatic nitrogens is 1. The van der Waals surface area contributed by atoms with Crippen LogP contribution in [-0.4, -0.2) is 22.1 Å². The van der Waals surface area contributed by atoms with Gasteiger partial charge >= 0.3 is 0 Å². The molecule has 0 saturated carbocycles. The van der Waals surface area contributed by atoms with Gasteiger partial charge in [0, 0.05) is 31.0 Å². The van der Waals surface area contributed by atoms with Crippen LogP contribution in [0.2, 0.25) is 0 Å². The molecular weight excluding hydrogens is 254 g/mol. The first-order valence-electron chi connectivity index (χ1n) is 6.19. The van der Waals surface area contributed by atoms with E-state index in [0.29, 0.717) is 11.1 Å². The van der Waals surface area contributed by atoms with Crippen LogP contribution in [0.25, 0.3) is 0 Å². The summed E-state index contributed by atoms with van der Waals surface area (Å²) in [5.41, 5.74) is 1.71. The highest BCUT2D eigenvalue weighted by Gasteiger charge is 2.12. The molecule has 102 valence electrons. The molecule has 0 aliphatic rings. The number of nitrogens with zero attached hydrogens (tertiary/aromatic N) is 2. The average molecular weight is 269 g/mol. The van der Waals surface area contributed by atoms with Gasteiger partial charge in [0.1, 0.15) is 6.10 Å². The van der Waals surface area contributed by atoms with E-state index in [1.165, 1.54) is 0 Å². The van der Waals surface area contributed by atoms with Crippen molar-refractivity contribution >= 4 is 5.91 Å². The molecule has 0 aliphatic heterocycles. The number of hydrogen-bond acceptors (Lipinski definition) is 3. The van der Waals surface area contributed by atoms with Gasteiger partial charge in [-0.3, -0.25) is 4.79 Å². The number of carbonyl (C=O) groups excluding carboxylic acids is 1. The second-order valence-electron chi connectivity index (χ2n) is 4.46. The molecule has 0 spiro atoms. The monoisotopic (exact) mass is 269 g/mol. The second kappa shape index (κ2) is 6.04. The van der Waals surface area contributed by atoms with Gasteiger partial charge in [-0.2, -0.15) is 5.26 Å². The van der Waals surface area contributed by atoms with E-state index in [2.05, 4.69) is 5.32 Å². The minimum Gasteiger partial charge on any atom is -0.385 e. The maximum atomic E-state index is 11.9. The van der Waals surface area contributed by atoms with Crippen molar-refractivity contribution in [2.45, 2.75) is 6.10 Å². The van der Waals surface area contributed by atoms with Crippen LogP contribution in [-0.2, 0) is 7.05 Å². The summed E-state index contributed by atoms with van der Waals surface area (Å²) in [6.07, 6.45) is 1.08. The number of aryl methyl sites for hydroxylation is 1. The average Bonchev–Trinajstić information content (AvgIpc) is 2.90. The Bertz CT molecular complexity index is 638. The Labute approximate surface area is 117 Å². The zero-order valence-corrected chi connectivity index (χ0v) is 11.1. The van der Waals surface area contributed by atoms with Crippen LogP contribution in [0.5, 0.6) is 0 Å². The summed E-state index contributed by atoms with van der Waals surface area (Å²) < 4.78 is 1.80. The van der Waals surface area contributed by atoms with E-state index < -0.39 is 6.10 Å². The van der Waals surface area contributed by atoms with Gasteiger partial charge in [-0.25, -0.2) is 0 Å². The maximum Gasteiger partial charge on any atom is 0.251 e. The lowest BCUT2D eigenvalue weighted by Crippen LogP contribution is -2.29. The van der Waals surface area contributed by atoms with Crippen molar-refractivity contribution in [3.05, 3.63) is 59.4 Å². The van der Waals surface area contributed by atoms with Crippen LogP contribution in [0.4, 0.5) is 0 Å². The largest absolute Gasteiger partial charge is 0.385 e. The Morgan fingerprint density at radius 1 is 1.40 bits per heavy atom. The summed E-state index contributed by atoms with van der Waals surface area (Å²) in [4.78, 5) is 11.9. The van der Waals surface area contributed by atoms with Crippen LogP contribution in [0.15, 0.2) is 42.6 Å². The first-order valence-corrected chi connectivity index (χ1v) is 6.19. The molecule has 5 nitrogen and oxygen atoms in total. The smallest absolute Gasteiger partial charge is 0.251 e. The number of rotatable bonds is 4. The van der Waals surface area contributed by atoms with Gasteiger partial charge in [-0.05, 0) is 36.4 Å². The predicted octanol–water partition coefficient (Wildman–Crippen LogP) is 1.36. The van der Waals surface area contributed by atoms with Gasteiger partial charge in [0.15, 0.2) is 0 Å². The first kappa shape index (κ1) is 13.8. The molecule has 0 radical (unpaired) electrons. The van der Waals surface area contributed by atoms with E-state index in [9.17, 15) is 9.90 Å². The number of aliphatic hydroxyl groups is 1. The molecule has 5 heteroatoms. The standard InChI is InChI=1S/C15H15N3O2/c1-18-8-2-3-13(18)14(19)10-17-15(20)12-6-4-11(9-16)5-7-12/h2-8,14,19H,10H2,1H3,(H,17,20). The fourth-order valence-electron chi connectivity index (χ4n) is 1.91. The summed E-state index contributed by atoms with van der Waals surface area (Å²) >= 11 is 0. The van der Waals surface area contributed by atoms with Crippen molar-refractivity contribution in [1.82, 2.24) is 9.88 Å². The number of aliphatic hydroxyl groups excluding tert-OH is 1. The molecular formula is C15H15N3O2. The van der Waals surface area contributed by atoms with Crippen molar-refractivity contribution < 1.29 is 9.90 Å². The van der Waals surface area contributed by atoms with Crippen molar-refractivity contribution in [2.75, 3.05) is 6.54 Å². The fourth-order valence-corrected chi connectivity index (χ4v) is 1.91. The molecule has 2 N–H and O–H groups in total. The van der Waals surface area contributed by atoms with Crippen molar-refractivity contribution in [2.24, 2.45) is 7.05 Å². The Kier molecular flexibility index (Phi) is 4.18. The van der Waals surface area contributed by atoms with Gasteiger partial charge in [-0.15, -0.1) is 0 Å². The van der Waals surface area contributed by atoms with Crippen molar-refractivity contribution in [1.29, 1.82) is 5.26 Å². The Morgan fingerprint density at radius 3 is 2.65 bits per heavy atom. The van der Waals surface area contributed by atoms with E-state index in [1.54, 1.807) is 34.9 Å². The Balaban J connectivity index is 1.95. The van der Waals surface area contributed by atoms with Crippen LogP contribution < -0.4 is 5.32 Å². The van der Waals surface area contributed by atoms with E-state index in [1.807, 2.05) is 25.4 Å². The lowest BCUT2D eigenvalue weighted by Gasteiger charge is -2.13. The molecule has 1 heterocycles.